The van der Waals surface area contributed by atoms with Crippen LogP contribution in [0.25, 0.3) is 0 Å². The maximum Gasteiger partial charge on any atom is 0.418 e. The Morgan fingerprint density at radius 3 is 2.50 bits per heavy atom. The van der Waals surface area contributed by atoms with Crippen molar-refractivity contribution in [2.45, 2.75) is 12.8 Å². The highest BCUT2D eigenvalue weighted by Gasteiger charge is 2.33. The van der Waals surface area contributed by atoms with Gasteiger partial charge in [0.25, 0.3) is 0 Å². The number of methoxy groups -OCH3 is 1. The summed E-state index contributed by atoms with van der Waals surface area (Å²) in [6, 6.07) is 3.77. The van der Waals surface area contributed by atoms with E-state index in [2.05, 4.69) is 0 Å². The van der Waals surface area contributed by atoms with Crippen molar-refractivity contribution < 1.29 is 17.9 Å². The van der Waals surface area contributed by atoms with Crippen LogP contribution in [0, 0.1) is 0 Å². The second kappa shape index (κ2) is 3.88. The van der Waals surface area contributed by atoms with E-state index in [4.69, 9.17) is 10.5 Å². The molecule has 2 N–H and O–H groups in total. The molecule has 0 aliphatic carbocycles. The molecule has 78 valence electrons. The minimum Gasteiger partial charge on any atom is -0.398 e. The Bertz CT molecular complexity index is 322. The number of hydrogen-bond acceptors (Lipinski definition) is 2. The normalized spacial score (nSPS) is 11.7. The fourth-order valence-electron chi connectivity index (χ4n) is 1.14. The van der Waals surface area contributed by atoms with Crippen LogP contribution in [0.4, 0.5) is 18.9 Å². The number of rotatable bonds is 2. The molecule has 0 aliphatic heterocycles. The van der Waals surface area contributed by atoms with Crippen LogP contribution in [-0.2, 0) is 17.5 Å². The Balaban J connectivity index is 3.14. The predicted molar refractivity (Wildman–Crippen MR) is 46.6 cm³/mol. The Hall–Kier alpha value is -1.23. The molecule has 0 aromatic heterocycles. The summed E-state index contributed by atoms with van der Waals surface area (Å²) in [6.45, 7) is 0.0791. The number of para-hydroxylation sites is 1. The molecule has 0 heterocycles. The quantitative estimate of drug-likeness (QED) is 0.752. The fraction of sp³-hybridized carbons (Fsp3) is 0.333. The topological polar surface area (TPSA) is 35.2 Å². The Kier molecular flexibility index (Phi) is 3.00. The van der Waals surface area contributed by atoms with Gasteiger partial charge in [-0.05, 0) is 6.07 Å². The van der Waals surface area contributed by atoms with Crippen LogP contribution < -0.4 is 5.73 Å². The number of benzene rings is 1. The van der Waals surface area contributed by atoms with E-state index in [9.17, 15) is 13.2 Å². The predicted octanol–water partition coefficient (Wildman–Crippen LogP) is 2.43. The van der Waals surface area contributed by atoms with Gasteiger partial charge in [-0.15, -0.1) is 0 Å². The second-order valence-corrected chi connectivity index (χ2v) is 2.81. The van der Waals surface area contributed by atoms with Gasteiger partial charge in [0.15, 0.2) is 0 Å². The summed E-state index contributed by atoms with van der Waals surface area (Å²) in [7, 11) is 1.40. The van der Waals surface area contributed by atoms with Crippen LogP contribution >= 0.6 is 0 Å². The summed E-state index contributed by atoms with van der Waals surface area (Å²) in [5.74, 6) is 0. The first-order valence-electron chi connectivity index (χ1n) is 3.90. The van der Waals surface area contributed by atoms with Gasteiger partial charge in [0.1, 0.15) is 0 Å². The Morgan fingerprint density at radius 1 is 1.36 bits per heavy atom. The molecule has 2 nitrogen and oxygen atoms in total. The number of anilines is 1. The van der Waals surface area contributed by atoms with Gasteiger partial charge in [0, 0.05) is 18.4 Å². The number of nitrogens with two attached hydrogens (primary N) is 1. The third kappa shape index (κ3) is 2.17. The van der Waals surface area contributed by atoms with Crippen molar-refractivity contribution in [2.75, 3.05) is 12.8 Å². The molecule has 0 fully saturated rings. The molecule has 1 aromatic rings. The van der Waals surface area contributed by atoms with E-state index in [1.54, 1.807) is 0 Å². The third-order valence-electron chi connectivity index (χ3n) is 1.80. The van der Waals surface area contributed by atoms with Crippen molar-refractivity contribution in [3.63, 3.8) is 0 Å². The Morgan fingerprint density at radius 2 is 2.00 bits per heavy atom. The molecule has 5 heteroatoms. The van der Waals surface area contributed by atoms with E-state index in [1.807, 2.05) is 0 Å². The molecule has 0 atom stereocenters. The van der Waals surface area contributed by atoms with Crippen LogP contribution in [0.15, 0.2) is 18.2 Å². The lowest BCUT2D eigenvalue weighted by Gasteiger charge is -2.12. The molecule has 1 aromatic carbocycles. The number of ether oxygens (including phenoxy) is 1. The number of halogens is 3. The van der Waals surface area contributed by atoms with Gasteiger partial charge in [0.05, 0.1) is 12.2 Å². The van der Waals surface area contributed by atoms with Crippen molar-refractivity contribution in [2.24, 2.45) is 0 Å². The summed E-state index contributed by atoms with van der Waals surface area (Å²) in [6.07, 6.45) is -4.41. The zero-order chi connectivity index (χ0) is 10.8. The molecule has 0 radical (unpaired) electrons. The van der Waals surface area contributed by atoms with E-state index in [0.717, 1.165) is 6.07 Å². The average molecular weight is 205 g/mol. The summed E-state index contributed by atoms with van der Waals surface area (Å²) in [5.41, 5.74) is 4.63. The van der Waals surface area contributed by atoms with Gasteiger partial charge < -0.3 is 10.5 Å². The monoisotopic (exact) mass is 205 g/mol. The molecule has 0 saturated carbocycles. The summed E-state index contributed by atoms with van der Waals surface area (Å²) in [4.78, 5) is 0. The molecule has 14 heavy (non-hydrogen) atoms. The van der Waals surface area contributed by atoms with Crippen molar-refractivity contribution in [3.05, 3.63) is 29.3 Å². The van der Waals surface area contributed by atoms with Gasteiger partial charge >= 0.3 is 6.18 Å². The second-order valence-electron chi connectivity index (χ2n) is 2.81. The number of alkyl halides is 3. The fourth-order valence-corrected chi connectivity index (χ4v) is 1.14. The molecule has 0 amide bonds. The van der Waals surface area contributed by atoms with E-state index in [0.29, 0.717) is 5.56 Å². The van der Waals surface area contributed by atoms with Gasteiger partial charge in [-0.2, -0.15) is 13.2 Å². The molecule has 0 saturated heterocycles. The molecule has 0 spiro atoms. The van der Waals surface area contributed by atoms with Crippen molar-refractivity contribution in [3.8, 4) is 0 Å². The minimum absolute atomic E-state index is 0.0791. The summed E-state index contributed by atoms with van der Waals surface area (Å²) in [5, 5.41) is 0. The van der Waals surface area contributed by atoms with Crippen molar-refractivity contribution >= 4 is 5.69 Å². The van der Waals surface area contributed by atoms with Crippen LogP contribution in [-0.4, -0.2) is 7.11 Å². The Labute approximate surface area is 79.5 Å². The largest absolute Gasteiger partial charge is 0.418 e. The van der Waals surface area contributed by atoms with Crippen LogP contribution in [0.5, 0.6) is 0 Å². The highest BCUT2D eigenvalue weighted by molar-refractivity contribution is 5.54. The molecular weight excluding hydrogens is 195 g/mol. The average Bonchev–Trinajstić information content (AvgIpc) is 2.07. The van der Waals surface area contributed by atoms with E-state index >= 15 is 0 Å². The first-order valence-corrected chi connectivity index (χ1v) is 3.90. The van der Waals surface area contributed by atoms with Crippen molar-refractivity contribution in [1.29, 1.82) is 0 Å². The molecule has 0 aliphatic rings. The number of hydrogen-bond donors (Lipinski definition) is 1. The van der Waals surface area contributed by atoms with Gasteiger partial charge in [0.2, 0.25) is 0 Å². The van der Waals surface area contributed by atoms with Gasteiger partial charge in [-0.25, -0.2) is 0 Å². The summed E-state index contributed by atoms with van der Waals surface area (Å²) >= 11 is 0. The summed E-state index contributed by atoms with van der Waals surface area (Å²) < 4.78 is 41.8. The van der Waals surface area contributed by atoms with E-state index in [-0.39, 0.29) is 12.3 Å². The molecule has 0 bridgehead atoms. The smallest absolute Gasteiger partial charge is 0.398 e. The minimum atomic E-state index is -4.41. The first kappa shape index (κ1) is 10.8. The molecule has 1 rings (SSSR count). The van der Waals surface area contributed by atoms with E-state index < -0.39 is 11.7 Å². The lowest BCUT2D eigenvalue weighted by molar-refractivity contribution is -0.137. The van der Waals surface area contributed by atoms with Crippen LogP contribution in [0.3, 0.4) is 0 Å². The maximum absolute atomic E-state index is 12.3. The lowest BCUT2D eigenvalue weighted by atomic mass is 10.1. The zero-order valence-corrected chi connectivity index (χ0v) is 7.56. The van der Waals surface area contributed by atoms with Gasteiger partial charge in [-0.1, -0.05) is 12.1 Å². The molecular formula is C9H10F3NO. The zero-order valence-electron chi connectivity index (χ0n) is 7.56. The first-order chi connectivity index (χ1) is 6.46. The SMILES string of the molecule is COCc1cccc(C(F)(F)F)c1N. The highest BCUT2D eigenvalue weighted by atomic mass is 19.4. The van der Waals surface area contributed by atoms with Crippen LogP contribution in [0.2, 0.25) is 0 Å². The van der Waals surface area contributed by atoms with E-state index in [1.165, 1.54) is 19.2 Å². The standard InChI is InChI=1S/C9H10F3NO/c1-14-5-6-3-2-4-7(8(6)13)9(10,11)12/h2-4H,5,13H2,1H3. The van der Waals surface area contributed by atoms with Gasteiger partial charge in [-0.3, -0.25) is 0 Å². The van der Waals surface area contributed by atoms with Crippen LogP contribution in [0.1, 0.15) is 11.1 Å². The number of nitrogen functional groups attached to an aromatic ring is 1. The maximum atomic E-state index is 12.3. The third-order valence-corrected chi connectivity index (χ3v) is 1.80. The highest BCUT2D eigenvalue weighted by Crippen LogP contribution is 2.34. The molecule has 0 unspecified atom stereocenters. The lowest BCUT2D eigenvalue weighted by Crippen LogP contribution is -2.10. The van der Waals surface area contributed by atoms with Crippen molar-refractivity contribution in [1.82, 2.24) is 0 Å².